The van der Waals surface area contributed by atoms with E-state index in [2.05, 4.69) is 58.4 Å². The number of hydrogen-bond acceptors (Lipinski definition) is 4. The van der Waals surface area contributed by atoms with Gasteiger partial charge in [-0.25, -0.2) is 9.98 Å². The van der Waals surface area contributed by atoms with Gasteiger partial charge in [-0.1, -0.05) is 19.4 Å². The molecule has 2 aliphatic rings. The lowest BCUT2D eigenvalue weighted by atomic mass is 9.67. The van der Waals surface area contributed by atoms with Crippen LogP contribution in [0.3, 0.4) is 0 Å². The van der Waals surface area contributed by atoms with Crippen molar-refractivity contribution < 1.29 is 0 Å². The van der Waals surface area contributed by atoms with Gasteiger partial charge in [-0.3, -0.25) is 0 Å². The highest BCUT2D eigenvalue weighted by Crippen LogP contribution is 2.42. The molecule has 6 nitrogen and oxygen atoms in total. The van der Waals surface area contributed by atoms with Crippen LogP contribution in [0, 0.1) is 5.41 Å². The van der Waals surface area contributed by atoms with Crippen molar-refractivity contribution in [3.8, 4) is 0 Å². The molecule has 1 saturated heterocycles. The van der Waals surface area contributed by atoms with Crippen LogP contribution in [0.2, 0.25) is 0 Å². The molecular weight excluding hydrogens is 463 g/mol. The van der Waals surface area contributed by atoms with Crippen LogP contribution in [0.15, 0.2) is 23.3 Å². The van der Waals surface area contributed by atoms with Crippen molar-refractivity contribution in [3.63, 3.8) is 0 Å². The van der Waals surface area contributed by atoms with Gasteiger partial charge in [0.25, 0.3) is 0 Å². The van der Waals surface area contributed by atoms with E-state index in [1.54, 1.807) is 0 Å². The van der Waals surface area contributed by atoms with Gasteiger partial charge in [-0.15, -0.1) is 24.0 Å². The molecule has 0 unspecified atom stereocenters. The molecule has 0 spiro atoms. The summed E-state index contributed by atoms with van der Waals surface area (Å²) in [5.74, 6) is 2.00. The van der Waals surface area contributed by atoms with Gasteiger partial charge in [0, 0.05) is 45.5 Å². The van der Waals surface area contributed by atoms with E-state index in [-0.39, 0.29) is 24.0 Å². The fourth-order valence-electron chi connectivity index (χ4n) is 3.85. The number of aliphatic imine (C=N–C) groups is 1. The Hall–Kier alpha value is -1.09. The summed E-state index contributed by atoms with van der Waals surface area (Å²) in [6.07, 6.45) is 7.27. The zero-order chi connectivity index (χ0) is 19.1. The zero-order valence-corrected chi connectivity index (χ0v) is 20.0. The molecule has 0 atom stereocenters. The molecule has 3 rings (SSSR count). The van der Waals surface area contributed by atoms with Crippen LogP contribution in [-0.4, -0.2) is 62.2 Å². The summed E-state index contributed by atoms with van der Waals surface area (Å²) in [5.41, 5.74) is 1.64. The second-order valence-electron chi connectivity index (χ2n) is 8.07. The number of pyridine rings is 1. The minimum absolute atomic E-state index is 0. The number of rotatable bonds is 7. The fourth-order valence-corrected chi connectivity index (χ4v) is 3.85. The van der Waals surface area contributed by atoms with Crippen molar-refractivity contribution >= 4 is 35.8 Å². The number of anilines is 1. The summed E-state index contributed by atoms with van der Waals surface area (Å²) >= 11 is 0. The topological polar surface area (TPSA) is 55.8 Å². The standard InChI is InChI=1S/C21H36N6.HI/c1-4-21(9-6-10-21)17-25-20(22-5-2)24-16-18-7-8-19(23-15-18)27-13-11-26(3)12-14-27;/h7-8,15H,4-6,9-14,16-17H2,1-3H3,(H2,22,24,25);1H. The normalized spacial score (nSPS) is 19.5. The van der Waals surface area contributed by atoms with E-state index in [0.29, 0.717) is 12.0 Å². The summed E-state index contributed by atoms with van der Waals surface area (Å²) < 4.78 is 0. The smallest absolute Gasteiger partial charge is 0.191 e. The van der Waals surface area contributed by atoms with Gasteiger partial charge in [0.2, 0.25) is 0 Å². The van der Waals surface area contributed by atoms with Gasteiger partial charge in [0.1, 0.15) is 5.82 Å². The first-order chi connectivity index (χ1) is 13.1. The Morgan fingerprint density at radius 2 is 1.89 bits per heavy atom. The molecule has 0 radical (unpaired) electrons. The van der Waals surface area contributed by atoms with Crippen LogP contribution in [0.1, 0.15) is 45.1 Å². The van der Waals surface area contributed by atoms with Crippen LogP contribution in [0.4, 0.5) is 5.82 Å². The Morgan fingerprint density at radius 1 is 1.14 bits per heavy atom. The maximum absolute atomic E-state index is 4.77. The molecule has 1 aliphatic heterocycles. The first kappa shape index (κ1) is 23.2. The van der Waals surface area contributed by atoms with Crippen LogP contribution in [-0.2, 0) is 6.54 Å². The van der Waals surface area contributed by atoms with Crippen molar-refractivity contribution in [1.82, 2.24) is 20.5 Å². The quantitative estimate of drug-likeness (QED) is 0.343. The fraction of sp³-hybridized carbons (Fsp3) is 0.714. The van der Waals surface area contributed by atoms with E-state index in [1.165, 1.54) is 25.7 Å². The number of likely N-dealkylation sites (N-methyl/N-ethyl adjacent to an activating group) is 1. The Kier molecular flexibility index (Phi) is 9.27. The number of aromatic nitrogens is 1. The predicted octanol–water partition coefficient (Wildman–Crippen LogP) is 3.09. The average Bonchev–Trinajstić information content (AvgIpc) is 2.66. The molecule has 1 aliphatic carbocycles. The Labute approximate surface area is 187 Å². The van der Waals surface area contributed by atoms with Gasteiger partial charge in [0.05, 0.1) is 6.54 Å². The van der Waals surface area contributed by atoms with Crippen molar-refractivity contribution in [2.75, 3.05) is 51.2 Å². The first-order valence-electron chi connectivity index (χ1n) is 10.5. The van der Waals surface area contributed by atoms with Crippen LogP contribution >= 0.6 is 24.0 Å². The third-order valence-corrected chi connectivity index (χ3v) is 6.20. The summed E-state index contributed by atoms with van der Waals surface area (Å²) in [6, 6.07) is 4.30. The van der Waals surface area contributed by atoms with Crippen LogP contribution < -0.4 is 15.5 Å². The Balaban J connectivity index is 0.00000280. The number of halogens is 1. The molecular formula is C21H37IN6. The van der Waals surface area contributed by atoms with Crippen LogP contribution in [0.25, 0.3) is 0 Å². The number of guanidine groups is 1. The molecule has 7 heteroatoms. The van der Waals surface area contributed by atoms with E-state index in [0.717, 1.165) is 56.6 Å². The molecule has 28 heavy (non-hydrogen) atoms. The van der Waals surface area contributed by atoms with Crippen molar-refractivity contribution in [2.24, 2.45) is 10.4 Å². The number of nitrogens with zero attached hydrogens (tertiary/aromatic N) is 4. The van der Waals surface area contributed by atoms with Gasteiger partial charge >= 0.3 is 0 Å². The highest BCUT2D eigenvalue weighted by Gasteiger charge is 2.34. The number of nitrogens with one attached hydrogen (secondary N) is 2. The largest absolute Gasteiger partial charge is 0.357 e. The average molecular weight is 500 g/mol. The van der Waals surface area contributed by atoms with E-state index in [9.17, 15) is 0 Å². The third kappa shape index (κ3) is 6.20. The molecule has 2 N–H and O–H groups in total. The lowest BCUT2D eigenvalue weighted by Gasteiger charge is -2.41. The molecule has 0 aromatic carbocycles. The maximum Gasteiger partial charge on any atom is 0.191 e. The minimum Gasteiger partial charge on any atom is -0.357 e. The van der Waals surface area contributed by atoms with Gasteiger partial charge < -0.3 is 20.4 Å². The van der Waals surface area contributed by atoms with E-state index < -0.39 is 0 Å². The molecule has 158 valence electrons. The van der Waals surface area contributed by atoms with Gasteiger partial charge in [-0.05, 0) is 50.3 Å². The Bertz CT molecular complexity index is 600. The second-order valence-corrected chi connectivity index (χ2v) is 8.07. The third-order valence-electron chi connectivity index (χ3n) is 6.20. The van der Waals surface area contributed by atoms with Crippen LogP contribution in [0.5, 0.6) is 0 Å². The SMILES string of the molecule is CCNC(=NCc1ccc(N2CCN(C)CC2)nc1)NCC1(CC)CCC1.I. The Morgan fingerprint density at radius 3 is 2.43 bits per heavy atom. The molecule has 0 amide bonds. The number of hydrogen-bond donors (Lipinski definition) is 2. The maximum atomic E-state index is 4.77. The zero-order valence-electron chi connectivity index (χ0n) is 17.7. The summed E-state index contributed by atoms with van der Waals surface area (Å²) in [5, 5.41) is 6.93. The highest BCUT2D eigenvalue weighted by molar-refractivity contribution is 14.0. The van der Waals surface area contributed by atoms with Crippen molar-refractivity contribution in [3.05, 3.63) is 23.9 Å². The lowest BCUT2D eigenvalue weighted by molar-refractivity contribution is 0.131. The summed E-state index contributed by atoms with van der Waals surface area (Å²) in [6.45, 7) is 11.3. The molecule has 1 aromatic heterocycles. The second kappa shape index (κ2) is 11.2. The monoisotopic (exact) mass is 500 g/mol. The van der Waals surface area contributed by atoms with Crippen molar-refractivity contribution in [2.45, 2.75) is 46.1 Å². The molecule has 1 saturated carbocycles. The van der Waals surface area contributed by atoms with Gasteiger partial charge in [0.15, 0.2) is 5.96 Å². The lowest BCUT2D eigenvalue weighted by Crippen LogP contribution is -2.46. The highest BCUT2D eigenvalue weighted by atomic mass is 127. The number of piperazine rings is 1. The van der Waals surface area contributed by atoms with Crippen molar-refractivity contribution in [1.29, 1.82) is 0 Å². The molecule has 1 aromatic rings. The first-order valence-corrected chi connectivity index (χ1v) is 10.5. The molecule has 2 heterocycles. The van der Waals surface area contributed by atoms with E-state index >= 15 is 0 Å². The predicted molar refractivity (Wildman–Crippen MR) is 129 cm³/mol. The minimum atomic E-state index is 0. The summed E-state index contributed by atoms with van der Waals surface area (Å²) in [7, 11) is 2.18. The van der Waals surface area contributed by atoms with Gasteiger partial charge in [-0.2, -0.15) is 0 Å². The van der Waals surface area contributed by atoms with E-state index in [4.69, 9.17) is 4.99 Å². The molecule has 0 bridgehead atoms. The van der Waals surface area contributed by atoms with E-state index in [1.807, 2.05) is 6.20 Å². The summed E-state index contributed by atoms with van der Waals surface area (Å²) in [4.78, 5) is 14.2. The molecule has 2 fully saturated rings.